The molecule has 0 radical (unpaired) electrons. The van der Waals surface area contributed by atoms with Crippen LogP contribution in [0.25, 0.3) is 0 Å². The zero-order valence-electron chi connectivity index (χ0n) is 10.4. The monoisotopic (exact) mass is 264 g/mol. The minimum Gasteiger partial charge on any atom is -0.480 e. The smallest absolute Gasteiger partial charge is 0.341 e. The molecule has 0 bridgehead atoms. The van der Waals surface area contributed by atoms with Gasteiger partial charge in [-0.15, -0.1) is 0 Å². The van der Waals surface area contributed by atoms with Gasteiger partial charge in [0.1, 0.15) is 5.75 Å². The molecule has 0 aromatic heterocycles. The average Bonchev–Trinajstić information content (AvgIpc) is 2.91. The van der Waals surface area contributed by atoms with Crippen LogP contribution in [-0.2, 0) is 9.59 Å². The number of carbonyl (C=O) groups is 2. The molecule has 0 aliphatic carbocycles. The van der Waals surface area contributed by atoms with Crippen LogP contribution in [0.4, 0.5) is 5.69 Å². The van der Waals surface area contributed by atoms with Gasteiger partial charge in [0.15, 0.2) is 6.61 Å². The molecule has 102 valence electrons. The van der Waals surface area contributed by atoms with Crippen molar-refractivity contribution in [3.05, 3.63) is 24.3 Å². The Balaban J connectivity index is 2.02. The lowest BCUT2D eigenvalue weighted by molar-refractivity contribution is -0.139. The van der Waals surface area contributed by atoms with Gasteiger partial charge in [-0.3, -0.25) is 4.79 Å². The fourth-order valence-corrected chi connectivity index (χ4v) is 1.95. The predicted molar refractivity (Wildman–Crippen MR) is 69.2 cm³/mol. The van der Waals surface area contributed by atoms with E-state index in [0.29, 0.717) is 18.0 Å². The summed E-state index contributed by atoms with van der Waals surface area (Å²) in [5.74, 6) is -0.811. The minimum absolute atomic E-state index is 0.0486. The molecule has 1 aromatic rings. The molecule has 1 saturated heterocycles. The molecule has 1 aromatic carbocycles. The molecule has 0 spiro atoms. The number of hydrogen-bond acceptors (Lipinski definition) is 4. The van der Waals surface area contributed by atoms with Crippen LogP contribution in [0, 0.1) is 5.92 Å². The number of aliphatic carboxylic acids is 1. The third-order valence-corrected chi connectivity index (χ3v) is 2.93. The van der Waals surface area contributed by atoms with Crippen molar-refractivity contribution < 1.29 is 19.4 Å². The van der Waals surface area contributed by atoms with E-state index in [2.05, 4.69) is 10.6 Å². The first-order chi connectivity index (χ1) is 9.16. The van der Waals surface area contributed by atoms with Crippen molar-refractivity contribution >= 4 is 17.6 Å². The second-order valence-corrected chi connectivity index (χ2v) is 4.36. The number of para-hydroxylation sites is 2. The molecule has 6 nitrogen and oxygen atoms in total. The summed E-state index contributed by atoms with van der Waals surface area (Å²) in [4.78, 5) is 22.5. The summed E-state index contributed by atoms with van der Waals surface area (Å²) in [5, 5.41) is 14.5. The first-order valence-corrected chi connectivity index (χ1v) is 6.12. The van der Waals surface area contributed by atoms with Crippen molar-refractivity contribution in [3.63, 3.8) is 0 Å². The highest BCUT2D eigenvalue weighted by molar-refractivity contribution is 5.94. The first kappa shape index (κ1) is 13.4. The largest absolute Gasteiger partial charge is 0.480 e. The number of nitrogens with one attached hydrogen (secondary N) is 2. The van der Waals surface area contributed by atoms with Crippen molar-refractivity contribution in [2.75, 3.05) is 25.0 Å². The number of carboxylic acid groups (broad SMARTS) is 1. The van der Waals surface area contributed by atoms with Gasteiger partial charge in [-0.1, -0.05) is 12.1 Å². The van der Waals surface area contributed by atoms with Gasteiger partial charge in [0, 0.05) is 6.54 Å². The summed E-state index contributed by atoms with van der Waals surface area (Å²) in [6.07, 6.45) is 0.810. The van der Waals surface area contributed by atoms with E-state index in [-0.39, 0.29) is 11.8 Å². The summed E-state index contributed by atoms with van der Waals surface area (Å²) in [7, 11) is 0. The average molecular weight is 264 g/mol. The van der Waals surface area contributed by atoms with Gasteiger partial charge >= 0.3 is 5.97 Å². The van der Waals surface area contributed by atoms with Gasteiger partial charge in [0.05, 0.1) is 11.6 Å². The van der Waals surface area contributed by atoms with E-state index in [1.54, 1.807) is 24.3 Å². The van der Waals surface area contributed by atoms with Crippen molar-refractivity contribution in [1.82, 2.24) is 5.32 Å². The highest BCUT2D eigenvalue weighted by atomic mass is 16.5. The summed E-state index contributed by atoms with van der Waals surface area (Å²) in [6.45, 7) is 1.08. The predicted octanol–water partition coefficient (Wildman–Crippen LogP) is 0.698. The first-order valence-electron chi connectivity index (χ1n) is 6.12. The Bertz CT molecular complexity index is 469. The van der Waals surface area contributed by atoms with Gasteiger partial charge in [0.25, 0.3) is 0 Å². The molecule has 1 heterocycles. The quantitative estimate of drug-likeness (QED) is 0.728. The number of rotatable bonds is 5. The Morgan fingerprint density at radius 2 is 2.21 bits per heavy atom. The van der Waals surface area contributed by atoms with E-state index >= 15 is 0 Å². The van der Waals surface area contributed by atoms with E-state index in [0.717, 1.165) is 13.0 Å². The Morgan fingerprint density at radius 3 is 2.89 bits per heavy atom. The van der Waals surface area contributed by atoms with E-state index in [4.69, 9.17) is 9.84 Å². The minimum atomic E-state index is -1.05. The van der Waals surface area contributed by atoms with Crippen LogP contribution in [0.5, 0.6) is 5.75 Å². The SMILES string of the molecule is O=C(O)COc1ccccc1NC(=O)C1CCNC1. The van der Waals surface area contributed by atoms with E-state index in [1.165, 1.54) is 0 Å². The van der Waals surface area contributed by atoms with Crippen LogP contribution in [0.1, 0.15) is 6.42 Å². The van der Waals surface area contributed by atoms with Gasteiger partial charge in [-0.25, -0.2) is 4.79 Å². The lowest BCUT2D eigenvalue weighted by Crippen LogP contribution is -2.25. The van der Waals surface area contributed by atoms with Crippen molar-refractivity contribution in [2.45, 2.75) is 6.42 Å². The van der Waals surface area contributed by atoms with Gasteiger partial charge in [0.2, 0.25) is 5.91 Å². The summed E-state index contributed by atoms with van der Waals surface area (Å²) in [6, 6.07) is 6.81. The number of carbonyl (C=O) groups excluding carboxylic acids is 1. The molecule has 1 aliphatic rings. The highest BCUT2D eigenvalue weighted by Crippen LogP contribution is 2.24. The zero-order valence-corrected chi connectivity index (χ0v) is 10.4. The van der Waals surface area contributed by atoms with Crippen LogP contribution >= 0.6 is 0 Å². The number of anilines is 1. The van der Waals surface area contributed by atoms with E-state index in [1.807, 2.05) is 0 Å². The third kappa shape index (κ3) is 3.69. The molecule has 1 aliphatic heterocycles. The number of carboxylic acids is 1. The summed E-state index contributed by atoms with van der Waals surface area (Å²) in [5.41, 5.74) is 0.501. The fraction of sp³-hybridized carbons (Fsp3) is 0.385. The number of amides is 1. The number of ether oxygens (including phenoxy) is 1. The molecular formula is C13H16N2O4. The van der Waals surface area contributed by atoms with Crippen molar-refractivity contribution in [1.29, 1.82) is 0 Å². The summed E-state index contributed by atoms with van der Waals surface area (Å²) < 4.78 is 5.13. The number of hydrogen-bond donors (Lipinski definition) is 3. The highest BCUT2D eigenvalue weighted by Gasteiger charge is 2.23. The number of benzene rings is 1. The Hall–Kier alpha value is -2.08. The molecular weight excluding hydrogens is 248 g/mol. The van der Waals surface area contributed by atoms with Crippen molar-refractivity contribution in [2.24, 2.45) is 5.92 Å². The third-order valence-electron chi connectivity index (χ3n) is 2.93. The van der Waals surface area contributed by atoms with Gasteiger partial charge in [-0.2, -0.15) is 0 Å². The molecule has 0 saturated carbocycles. The Morgan fingerprint density at radius 1 is 1.42 bits per heavy atom. The topological polar surface area (TPSA) is 87.7 Å². The maximum absolute atomic E-state index is 12.0. The van der Waals surface area contributed by atoms with Crippen LogP contribution in [-0.4, -0.2) is 36.7 Å². The van der Waals surface area contributed by atoms with Gasteiger partial charge in [-0.05, 0) is 25.1 Å². The fourth-order valence-electron chi connectivity index (χ4n) is 1.95. The van der Waals surface area contributed by atoms with Crippen LogP contribution in [0.3, 0.4) is 0 Å². The molecule has 3 N–H and O–H groups in total. The van der Waals surface area contributed by atoms with Crippen LogP contribution in [0.15, 0.2) is 24.3 Å². The lowest BCUT2D eigenvalue weighted by atomic mass is 10.1. The maximum Gasteiger partial charge on any atom is 0.341 e. The zero-order chi connectivity index (χ0) is 13.7. The molecule has 19 heavy (non-hydrogen) atoms. The van der Waals surface area contributed by atoms with E-state index < -0.39 is 12.6 Å². The normalized spacial score (nSPS) is 18.0. The Kier molecular flexibility index (Phi) is 4.35. The Labute approximate surface area is 110 Å². The van der Waals surface area contributed by atoms with Crippen LogP contribution in [0.2, 0.25) is 0 Å². The van der Waals surface area contributed by atoms with Gasteiger partial charge < -0.3 is 20.5 Å². The van der Waals surface area contributed by atoms with Crippen LogP contribution < -0.4 is 15.4 Å². The molecule has 1 atom stereocenters. The van der Waals surface area contributed by atoms with Crippen molar-refractivity contribution in [3.8, 4) is 5.75 Å². The molecule has 1 fully saturated rings. The summed E-state index contributed by atoms with van der Waals surface area (Å²) >= 11 is 0. The molecule has 6 heteroatoms. The van der Waals surface area contributed by atoms with E-state index in [9.17, 15) is 9.59 Å². The maximum atomic E-state index is 12.0. The molecule has 2 rings (SSSR count). The molecule has 1 amide bonds. The second kappa shape index (κ2) is 6.19. The second-order valence-electron chi connectivity index (χ2n) is 4.36. The standard InChI is InChI=1S/C13H16N2O4/c16-12(17)8-19-11-4-2-1-3-10(11)15-13(18)9-5-6-14-7-9/h1-4,9,14H,5-8H2,(H,15,18)(H,16,17). The molecule has 1 unspecified atom stereocenters. The lowest BCUT2D eigenvalue weighted by Gasteiger charge is -2.13.